The van der Waals surface area contributed by atoms with E-state index < -0.39 is 0 Å². The molecule has 1 aromatic carbocycles. The number of nitrogens with zero attached hydrogens (tertiary/aromatic N) is 1. The average Bonchev–Trinajstić information content (AvgIpc) is 2.77. The fourth-order valence-electron chi connectivity index (χ4n) is 1.32. The number of rotatable bonds is 3. The van der Waals surface area contributed by atoms with Crippen molar-refractivity contribution in [1.29, 1.82) is 0 Å². The van der Waals surface area contributed by atoms with Gasteiger partial charge in [0.25, 0.3) is 0 Å². The zero-order valence-electron chi connectivity index (χ0n) is 8.30. The van der Waals surface area contributed by atoms with Crippen LogP contribution in [0.25, 0.3) is 10.6 Å². The van der Waals surface area contributed by atoms with Gasteiger partial charge in [0, 0.05) is 11.1 Å². The van der Waals surface area contributed by atoms with Gasteiger partial charge < -0.3 is 4.74 Å². The molecule has 0 unspecified atom stereocenters. The maximum absolute atomic E-state index is 5.29. The molecule has 0 aliphatic rings. The molecule has 0 spiro atoms. The van der Waals surface area contributed by atoms with Crippen LogP contribution in [-0.2, 0) is 5.75 Å². The molecule has 0 saturated heterocycles. The van der Waals surface area contributed by atoms with Crippen LogP contribution in [0.4, 0.5) is 0 Å². The van der Waals surface area contributed by atoms with E-state index in [0.29, 0.717) is 5.75 Å². The summed E-state index contributed by atoms with van der Waals surface area (Å²) >= 11 is 5.81. The molecule has 0 saturated carbocycles. The van der Waals surface area contributed by atoms with Crippen LogP contribution in [0, 0.1) is 0 Å². The Hall–Kier alpha value is -1.000. The molecular formula is C11H11NOS2. The number of thiazole rings is 1. The lowest BCUT2D eigenvalue weighted by Crippen LogP contribution is -1.87. The van der Waals surface area contributed by atoms with E-state index in [1.54, 1.807) is 18.4 Å². The Morgan fingerprint density at radius 2 is 2.20 bits per heavy atom. The molecule has 78 valence electrons. The molecule has 0 amide bonds. The minimum Gasteiger partial charge on any atom is -0.496 e. The molecule has 0 aliphatic carbocycles. The highest BCUT2D eigenvalue weighted by atomic mass is 32.1. The second-order valence-corrected chi connectivity index (χ2v) is 4.18. The van der Waals surface area contributed by atoms with Gasteiger partial charge in [-0.15, -0.1) is 11.3 Å². The Bertz CT molecular complexity index is 453. The first-order chi connectivity index (χ1) is 7.35. The van der Waals surface area contributed by atoms with Crippen molar-refractivity contribution in [1.82, 2.24) is 4.98 Å². The lowest BCUT2D eigenvalue weighted by Gasteiger charge is -2.04. The van der Waals surface area contributed by atoms with E-state index >= 15 is 0 Å². The molecule has 4 heteroatoms. The van der Waals surface area contributed by atoms with E-state index in [4.69, 9.17) is 4.74 Å². The number of thiol groups is 1. The van der Waals surface area contributed by atoms with E-state index in [-0.39, 0.29) is 0 Å². The van der Waals surface area contributed by atoms with Crippen LogP contribution in [0.2, 0.25) is 0 Å². The molecule has 2 aromatic rings. The lowest BCUT2D eigenvalue weighted by atomic mass is 10.2. The zero-order chi connectivity index (χ0) is 10.7. The number of hydrogen-bond acceptors (Lipinski definition) is 4. The quantitative estimate of drug-likeness (QED) is 0.828. The Balaban J connectivity index is 2.44. The first-order valence-electron chi connectivity index (χ1n) is 4.54. The van der Waals surface area contributed by atoms with Gasteiger partial charge >= 0.3 is 0 Å². The van der Waals surface area contributed by atoms with Gasteiger partial charge in [0.15, 0.2) is 0 Å². The smallest absolute Gasteiger partial charge is 0.129 e. The minimum absolute atomic E-state index is 0.672. The van der Waals surface area contributed by atoms with Gasteiger partial charge in [-0.3, -0.25) is 0 Å². The van der Waals surface area contributed by atoms with E-state index in [1.807, 2.05) is 29.6 Å². The second kappa shape index (κ2) is 4.68. The van der Waals surface area contributed by atoms with Gasteiger partial charge in [-0.2, -0.15) is 12.6 Å². The predicted molar refractivity (Wildman–Crippen MR) is 66.8 cm³/mol. The third-order valence-electron chi connectivity index (χ3n) is 2.05. The highest BCUT2D eigenvalue weighted by Crippen LogP contribution is 2.31. The minimum atomic E-state index is 0.672. The molecule has 0 fully saturated rings. The molecule has 1 heterocycles. The number of methoxy groups -OCH3 is 1. The third kappa shape index (κ3) is 2.16. The van der Waals surface area contributed by atoms with Crippen molar-refractivity contribution in [3.8, 4) is 16.3 Å². The van der Waals surface area contributed by atoms with Gasteiger partial charge in [0.05, 0.1) is 18.4 Å². The van der Waals surface area contributed by atoms with Crippen molar-refractivity contribution in [2.24, 2.45) is 0 Å². The summed E-state index contributed by atoms with van der Waals surface area (Å²) in [6.45, 7) is 0. The number of ether oxygens (including phenoxy) is 1. The monoisotopic (exact) mass is 237 g/mol. The number of hydrogen-bond donors (Lipinski definition) is 1. The van der Waals surface area contributed by atoms with E-state index in [0.717, 1.165) is 22.0 Å². The van der Waals surface area contributed by atoms with Crippen LogP contribution in [-0.4, -0.2) is 12.1 Å². The van der Waals surface area contributed by atoms with Crippen molar-refractivity contribution in [2.75, 3.05) is 7.11 Å². The van der Waals surface area contributed by atoms with Gasteiger partial charge in [0.2, 0.25) is 0 Å². The Morgan fingerprint density at radius 1 is 1.40 bits per heavy atom. The average molecular weight is 237 g/mol. The molecule has 2 rings (SSSR count). The summed E-state index contributed by atoms with van der Waals surface area (Å²) in [5, 5.41) is 3.01. The standard InChI is InChI=1S/C11H11NOS2/c1-13-10-5-3-2-4-9(10)11-12-8(6-14)7-15-11/h2-5,7,14H,6H2,1H3. The van der Waals surface area contributed by atoms with Crippen LogP contribution in [0.15, 0.2) is 29.6 Å². The first-order valence-corrected chi connectivity index (χ1v) is 6.05. The molecule has 0 aliphatic heterocycles. The van der Waals surface area contributed by atoms with Crippen molar-refractivity contribution < 1.29 is 4.74 Å². The molecule has 0 atom stereocenters. The van der Waals surface area contributed by atoms with Gasteiger partial charge in [-0.1, -0.05) is 12.1 Å². The first kappa shape index (κ1) is 10.5. The topological polar surface area (TPSA) is 22.1 Å². The van der Waals surface area contributed by atoms with Crippen molar-refractivity contribution in [3.63, 3.8) is 0 Å². The second-order valence-electron chi connectivity index (χ2n) is 3.00. The fraction of sp³-hybridized carbons (Fsp3) is 0.182. The molecule has 0 N–H and O–H groups in total. The number of para-hydroxylation sites is 1. The molecule has 0 bridgehead atoms. The molecule has 2 nitrogen and oxygen atoms in total. The van der Waals surface area contributed by atoms with Crippen molar-refractivity contribution in [2.45, 2.75) is 5.75 Å². The zero-order valence-corrected chi connectivity index (χ0v) is 10.0. The van der Waals surface area contributed by atoms with Crippen LogP contribution < -0.4 is 4.74 Å². The summed E-state index contributed by atoms with van der Waals surface area (Å²) in [6, 6.07) is 7.89. The van der Waals surface area contributed by atoms with Crippen LogP contribution in [0.3, 0.4) is 0 Å². The molecule has 15 heavy (non-hydrogen) atoms. The fourth-order valence-corrected chi connectivity index (χ4v) is 2.46. The predicted octanol–water partition coefficient (Wildman–Crippen LogP) is 3.25. The maximum Gasteiger partial charge on any atom is 0.129 e. The van der Waals surface area contributed by atoms with Gasteiger partial charge in [-0.25, -0.2) is 4.98 Å². The lowest BCUT2D eigenvalue weighted by molar-refractivity contribution is 0.416. The number of benzene rings is 1. The Morgan fingerprint density at radius 3 is 2.87 bits per heavy atom. The Labute approximate surface area is 98.3 Å². The highest BCUT2D eigenvalue weighted by molar-refractivity contribution is 7.79. The SMILES string of the molecule is COc1ccccc1-c1nc(CS)cs1. The van der Waals surface area contributed by atoms with Crippen molar-refractivity contribution in [3.05, 3.63) is 35.3 Å². The Kier molecular flexibility index (Phi) is 3.28. The summed E-state index contributed by atoms with van der Waals surface area (Å²) in [5.41, 5.74) is 2.04. The van der Waals surface area contributed by atoms with Crippen LogP contribution in [0.5, 0.6) is 5.75 Å². The third-order valence-corrected chi connectivity index (χ3v) is 3.30. The van der Waals surface area contributed by atoms with E-state index in [9.17, 15) is 0 Å². The summed E-state index contributed by atoms with van der Waals surface area (Å²) in [7, 11) is 1.67. The molecular weight excluding hydrogens is 226 g/mol. The summed E-state index contributed by atoms with van der Waals surface area (Å²) in [6.07, 6.45) is 0. The largest absolute Gasteiger partial charge is 0.496 e. The van der Waals surface area contributed by atoms with Gasteiger partial charge in [0.1, 0.15) is 10.8 Å². The van der Waals surface area contributed by atoms with Gasteiger partial charge in [-0.05, 0) is 12.1 Å². The number of aromatic nitrogens is 1. The van der Waals surface area contributed by atoms with Crippen LogP contribution >= 0.6 is 24.0 Å². The van der Waals surface area contributed by atoms with E-state index in [1.165, 1.54) is 0 Å². The molecule has 1 aromatic heterocycles. The normalized spacial score (nSPS) is 10.3. The van der Waals surface area contributed by atoms with E-state index in [2.05, 4.69) is 17.6 Å². The van der Waals surface area contributed by atoms with Crippen LogP contribution in [0.1, 0.15) is 5.69 Å². The summed E-state index contributed by atoms with van der Waals surface area (Å²) in [5.74, 6) is 1.53. The summed E-state index contributed by atoms with van der Waals surface area (Å²) < 4.78 is 5.29. The van der Waals surface area contributed by atoms with Crippen molar-refractivity contribution >= 4 is 24.0 Å². The summed E-state index contributed by atoms with van der Waals surface area (Å²) in [4.78, 5) is 4.47. The maximum atomic E-state index is 5.29. The highest BCUT2D eigenvalue weighted by Gasteiger charge is 2.08. The molecule has 0 radical (unpaired) electrons.